The summed E-state index contributed by atoms with van der Waals surface area (Å²) in [6, 6.07) is 13.6. The lowest BCUT2D eigenvalue weighted by molar-refractivity contribution is 0.584. The van der Waals surface area contributed by atoms with Crippen LogP contribution in [-0.2, 0) is 22.9 Å². The maximum absolute atomic E-state index is 12.4. The molecule has 0 aliphatic carbocycles. The zero-order valence-corrected chi connectivity index (χ0v) is 16.6. The van der Waals surface area contributed by atoms with E-state index in [4.69, 9.17) is 0 Å². The lowest BCUT2D eigenvalue weighted by Gasteiger charge is -2.04. The first-order valence-electron chi connectivity index (χ1n) is 8.09. The minimum atomic E-state index is -3.43. The van der Waals surface area contributed by atoms with Crippen LogP contribution >= 0.6 is 22.7 Å². The standard InChI is InChI=1S/C18H20N2O2S3/c1-3-15-9-10-17(23-15)25(21,22)19-12-11-16-13(2)20-18(24-16)14-7-5-4-6-8-14/h4-10,19H,3,11-12H2,1-2H3. The van der Waals surface area contributed by atoms with Crippen LogP contribution in [0, 0.1) is 6.92 Å². The highest BCUT2D eigenvalue weighted by Crippen LogP contribution is 2.28. The number of rotatable bonds is 7. The van der Waals surface area contributed by atoms with E-state index in [1.54, 1.807) is 17.4 Å². The molecule has 7 heteroatoms. The van der Waals surface area contributed by atoms with Gasteiger partial charge in [0.05, 0.1) is 5.69 Å². The number of aromatic nitrogens is 1. The molecule has 25 heavy (non-hydrogen) atoms. The molecule has 0 fully saturated rings. The molecule has 4 nitrogen and oxygen atoms in total. The van der Waals surface area contributed by atoms with Crippen LogP contribution in [0.3, 0.4) is 0 Å². The Morgan fingerprint density at radius 2 is 1.84 bits per heavy atom. The summed E-state index contributed by atoms with van der Waals surface area (Å²) in [6.07, 6.45) is 1.49. The van der Waals surface area contributed by atoms with E-state index in [0.717, 1.165) is 32.4 Å². The number of benzene rings is 1. The van der Waals surface area contributed by atoms with Crippen molar-refractivity contribution in [2.24, 2.45) is 0 Å². The van der Waals surface area contributed by atoms with Gasteiger partial charge in [-0.05, 0) is 31.9 Å². The Morgan fingerprint density at radius 1 is 1.08 bits per heavy atom. The number of thiophene rings is 1. The molecule has 0 aliphatic rings. The molecule has 1 N–H and O–H groups in total. The molecule has 0 atom stereocenters. The Labute approximate surface area is 156 Å². The van der Waals surface area contributed by atoms with Crippen LogP contribution < -0.4 is 4.72 Å². The molecule has 0 aliphatic heterocycles. The highest BCUT2D eigenvalue weighted by Gasteiger charge is 2.17. The molecule has 132 valence electrons. The predicted molar refractivity (Wildman–Crippen MR) is 105 cm³/mol. The molecule has 1 aromatic carbocycles. The Bertz CT molecular complexity index is 944. The van der Waals surface area contributed by atoms with Gasteiger partial charge in [0.25, 0.3) is 0 Å². The van der Waals surface area contributed by atoms with Crippen molar-refractivity contribution in [2.75, 3.05) is 6.54 Å². The summed E-state index contributed by atoms with van der Waals surface area (Å²) in [6.45, 7) is 4.37. The van der Waals surface area contributed by atoms with Crippen molar-refractivity contribution >= 4 is 32.7 Å². The van der Waals surface area contributed by atoms with Gasteiger partial charge < -0.3 is 0 Å². The van der Waals surface area contributed by atoms with Crippen LogP contribution in [0.5, 0.6) is 0 Å². The van der Waals surface area contributed by atoms with Crippen LogP contribution in [0.4, 0.5) is 0 Å². The van der Waals surface area contributed by atoms with Crippen LogP contribution in [0.2, 0.25) is 0 Å². The lowest BCUT2D eigenvalue weighted by Crippen LogP contribution is -2.25. The van der Waals surface area contributed by atoms with Gasteiger partial charge >= 0.3 is 0 Å². The van der Waals surface area contributed by atoms with E-state index >= 15 is 0 Å². The van der Waals surface area contributed by atoms with Gasteiger partial charge in [-0.2, -0.15) is 0 Å². The van der Waals surface area contributed by atoms with Gasteiger partial charge in [-0.1, -0.05) is 37.3 Å². The van der Waals surface area contributed by atoms with E-state index in [1.807, 2.05) is 50.2 Å². The van der Waals surface area contributed by atoms with E-state index < -0.39 is 10.0 Å². The van der Waals surface area contributed by atoms with Gasteiger partial charge in [-0.25, -0.2) is 18.1 Å². The van der Waals surface area contributed by atoms with Crippen LogP contribution in [-0.4, -0.2) is 19.9 Å². The van der Waals surface area contributed by atoms with Crippen molar-refractivity contribution < 1.29 is 8.42 Å². The largest absolute Gasteiger partial charge is 0.250 e. The number of nitrogens with zero attached hydrogens (tertiary/aromatic N) is 1. The van der Waals surface area contributed by atoms with Crippen LogP contribution in [0.15, 0.2) is 46.7 Å². The minimum absolute atomic E-state index is 0.374. The highest BCUT2D eigenvalue weighted by atomic mass is 32.2. The summed E-state index contributed by atoms with van der Waals surface area (Å²) in [5, 5.41) is 0.974. The monoisotopic (exact) mass is 392 g/mol. The van der Waals surface area contributed by atoms with Gasteiger partial charge in [-0.3, -0.25) is 0 Å². The van der Waals surface area contributed by atoms with Crippen molar-refractivity contribution in [3.63, 3.8) is 0 Å². The average molecular weight is 393 g/mol. The summed E-state index contributed by atoms with van der Waals surface area (Å²) in [7, 11) is -3.43. The first-order chi connectivity index (χ1) is 12.0. The topological polar surface area (TPSA) is 59.1 Å². The second-order valence-corrected chi connectivity index (χ2v) is 9.86. The van der Waals surface area contributed by atoms with Crippen LogP contribution in [0.25, 0.3) is 10.6 Å². The fourth-order valence-electron chi connectivity index (χ4n) is 2.43. The van der Waals surface area contributed by atoms with Gasteiger partial charge in [-0.15, -0.1) is 22.7 Å². The first kappa shape index (κ1) is 18.3. The number of hydrogen-bond donors (Lipinski definition) is 1. The molecule has 0 bridgehead atoms. The number of hydrogen-bond acceptors (Lipinski definition) is 5. The maximum Gasteiger partial charge on any atom is 0.250 e. The van der Waals surface area contributed by atoms with Gasteiger partial charge in [0.15, 0.2) is 0 Å². The molecular weight excluding hydrogens is 372 g/mol. The third kappa shape index (κ3) is 4.36. The summed E-state index contributed by atoms with van der Waals surface area (Å²) >= 11 is 2.95. The van der Waals surface area contributed by atoms with Gasteiger partial charge in [0.2, 0.25) is 10.0 Å². The molecule has 0 unspecified atom stereocenters. The lowest BCUT2D eigenvalue weighted by atomic mass is 10.2. The zero-order chi connectivity index (χ0) is 17.9. The Morgan fingerprint density at radius 3 is 2.52 bits per heavy atom. The molecule has 0 spiro atoms. The molecular formula is C18H20N2O2S3. The van der Waals surface area contributed by atoms with Crippen molar-refractivity contribution in [1.82, 2.24) is 9.71 Å². The van der Waals surface area contributed by atoms with E-state index in [1.165, 1.54) is 11.3 Å². The second kappa shape index (κ2) is 7.78. The first-order valence-corrected chi connectivity index (χ1v) is 11.2. The Balaban J connectivity index is 1.65. The molecule has 0 saturated heterocycles. The zero-order valence-electron chi connectivity index (χ0n) is 14.2. The Kier molecular flexibility index (Phi) is 5.68. The third-order valence-corrected chi connectivity index (χ3v) is 8.26. The SMILES string of the molecule is CCc1ccc(S(=O)(=O)NCCc2sc(-c3ccccc3)nc2C)s1. The van der Waals surface area contributed by atoms with Gasteiger partial charge in [0.1, 0.15) is 9.22 Å². The van der Waals surface area contributed by atoms with E-state index in [-0.39, 0.29) is 0 Å². The van der Waals surface area contributed by atoms with Crippen LogP contribution in [0.1, 0.15) is 22.4 Å². The van der Waals surface area contributed by atoms with E-state index in [2.05, 4.69) is 9.71 Å². The molecule has 3 rings (SSSR count). The number of sulfonamides is 1. The molecule has 0 amide bonds. The van der Waals surface area contributed by atoms with Gasteiger partial charge in [0, 0.05) is 21.9 Å². The normalized spacial score (nSPS) is 11.8. The molecule has 2 aromatic heterocycles. The van der Waals surface area contributed by atoms with E-state index in [0.29, 0.717) is 17.2 Å². The molecule has 3 aromatic rings. The Hall–Kier alpha value is -1.54. The smallest absolute Gasteiger partial charge is 0.241 e. The van der Waals surface area contributed by atoms with Crippen molar-refractivity contribution in [3.8, 4) is 10.6 Å². The average Bonchev–Trinajstić information content (AvgIpc) is 3.23. The molecule has 0 radical (unpaired) electrons. The van der Waals surface area contributed by atoms with Crippen molar-refractivity contribution in [2.45, 2.75) is 30.9 Å². The summed E-state index contributed by atoms with van der Waals surface area (Å²) in [4.78, 5) is 6.80. The summed E-state index contributed by atoms with van der Waals surface area (Å²) in [5.41, 5.74) is 2.06. The maximum atomic E-state index is 12.4. The quantitative estimate of drug-likeness (QED) is 0.653. The fraction of sp³-hybridized carbons (Fsp3) is 0.278. The number of thiazole rings is 1. The molecule has 0 saturated carbocycles. The molecule has 2 heterocycles. The number of nitrogens with one attached hydrogen (secondary N) is 1. The fourth-order valence-corrected chi connectivity index (χ4v) is 5.87. The number of aryl methyl sites for hydroxylation is 2. The third-order valence-electron chi connectivity index (χ3n) is 3.81. The summed E-state index contributed by atoms with van der Waals surface area (Å²) < 4.78 is 27.8. The second-order valence-electron chi connectivity index (χ2n) is 5.62. The predicted octanol–water partition coefficient (Wildman–Crippen LogP) is 4.26. The highest BCUT2D eigenvalue weighted by molar-refractivity contribution is 7.91. The van der Waals surface area contributed by atoms with Crippen molar-refractivity contribution in [1.29, 1.82) is 0 Å². The van der Waals surface area contributed by atoms with E-state index in [9.17, 15) is 8.42 Å². The van der Waals surface area contributed by atoms with Crippen molar-refractivity contribution in [3.05, 3.63) is 57.9 Å². The minimum Gasteiger partial charge on any atom is -0.241 e. The summed E-state index contributed by atoms with van der Waals surface area (Å²) in [5.74, 6) is 0.